The third-order valence-corrected chi connectivity index (χ3v) is 2.79. The van der Waals surface area contributed by atoms with Crippen LogP contribution in [0.1, 0.15) is 48.5 Å². The lowest BCUT2D eigenvalue weighted by molar-refractivity contribution is -0.0885. The van der Waals surface area contributed by atoms with E-state index in [-0.39, 0.29) is 5.56 Å². The molecule has 1 rings (SSSR count). The van der Waals surface area contributed by atoms with Gasteiger partial charge in [0, 0.05) is 5.56 Å². The number of ketones is 1. The zero-order chi connectivity index (χ0) is 13.6. The molecule has 0 atom stereocenters. The maximum atomic E-state index is 12.2. The van der Waals surface area contributed by atoms with Crippen molar-refractivity contribution in [3.05, 3.63) is 35.4 Å². The van der Waals surface area contributed by atoms with Gasteiger partial charge in [0.1, 0.15) is 0 Å². The third-order valence-electron chi connectivity index (χ3n) is 2.79. The van der Waals surface area contributed by atoms with E-state index in [1.54, 1.807) is 12.1 Å². The van der Waals surface area contributed by atoms with E-state index >= 15 is 0 Å². The topological polar surface area (TPSA) is 17.1 Å². The Balaban J connectivity index is 2.55. The van der Waals surface area contributed by atoms with Crippen LogP contribution in [-0.2, 0) is 6.42 Å². The van der Waals surface area contributed by atoms with Gasteiger partial charge in [-0.3, -0.25) is 4.79 Å². The minimum Gasteiger partial charge on any atom is -0.284 e. The fourth-order valence-electron chi connectivity index (χ4n) is 1.74. The molecule has 0 aliphatic rings. The maximum Gasteiger partial charge on any atom is 0.454 e. The van der Waals surface area contributed by atoms with Gasteiger partial charge < -0.3 is 0 Å². The van der Waals surface area contributed by atoms with Crippen LogP contribution in [-0.4, -0.2) is 12.0 Å². The molecule has 0 aliphatic heterocycles. The van der Waals surface area contributed by atoms with Crippen molar-refractivity contribution < 1.29 is 18.0 Å². The number of alkyl halides is 3. The first-order valence-electron chi connectivity index (χ1n) is 6.15. The molecule has 0 fully saturated rings. The van der Waals surface area contributed by atoms with E-state index in [2.05, 4.69) is 6.92 Å². The molecule has 0 unspecified atom stereocenters. The highest BCUT2D eigenvalue weighted by atomic mass is 19.4. The van der Waals surface area contributed by atoms with E-state index in [0.29, 0.717) is 0 Å². The lowest BCUT2D eigenvalue weighted by atomic mass is 10.0. The first-order chi connectivity index (χ1) is 8.45. The Kier molecular flexibility index (Phi) is 5.38. The van der Waals surface area contributed by atoms with E-state index in [0.717, 1.165) is 31.2 Å². The second-order valence-electron chi connectivity index (χ2n) is 4.33. The number of Topliss-reactive ketones (excluding diaryl/α,β-unsaturated/α-hetero) is 1. The first kappa shape index (κ1) is 14.7. The lowest BCUT2D eigenvalue weighted by Crippen LogP contribution is -2.22. The van der Waals surface area contributed by atoms with Gasteiger partial charge in [-0.05, 0) is 18.4 Å². The summed E-state index contributed by atoms with van der Waals surface area (Å²) < 4.78 is 36.5. The van der Waals surface area contributed by atoms with E-state index in [1.165, 1.54) is 18.6 Å². The van der Waals surface area contributed by atoms with Crippen molar-refractivity contribution in [1.82, 2.24) is 0 Å². The highest BCUT2D eigenvalue weighted by molar-refractivity contribution is 6.00. The summed E-state index contributed by atoms with van der Waals surface area (Å²) >= 11 is 0. The SMILES string of the molecule is CCCCCCc1ccc(C(=O)C(F)(F)F)cc1. The molecule has 0 aromatic heterocycles. The Hall–Kier alpha value is -1.32. The van der Waals surface area contributed by atoms with Crippen LogP contribution in [0.2, 0.25) is 0 Å². The molecule has 0 N–H and O–H groups in total. The van der Waals surface area contributed by atoms with E-state index in [4.69, 9.17) is 0 Å². The smallest absolute Gasteiger partial charge is 0.284 e. The first-order valence-corrected chi connectivity index (χ1v) is 6.15. The average molecular weight is 258 g/mol. The number of unbranched alkanes of at least 4 members (excludes halogenated alkanes) is 3. The quantitative estimate of drug-likeness (QED) is 0.540. The average Bonchev–Trinajstić information content (AvgIpc) is 2.33. The highest BCUT2D eigenvalue weighted by Gasteiger charge is 2.39. The molecule has 4 heteroatoms. The molecule has 1 aromatic carbocycles. The Bertz CT molecular complexity index is 379. The minimum absolute atomic E-state index is 0.292. The molecule has 0 bridgehead atoms. The van der Waals surface area contributed by atoms with Crippen molar-refractivity contribution in [3.8, 4) is 0 Å². The summed E-state index contributed by atoms with van der Waals surface area (Å²) in [5.41, 5.74) is 0.685. The molecule has 1 nitrogen and oxygen atoms in total. The number of rotatable bonds is 6. The van der Waals surface area contributed by atoms with Crippen molar-refractivity contribution in [2.24, 2.45) is 0 Å². The predicted molar refractivity (Wildman–Crippen MR) is 64.7 cm³/mol. The Morgan fingerprint density at radius 2 is 1.67 bits per heavy atom. The Labute approximate surface area is 105 Å². The minimum atomic E-state index is -4.79. The second kappa shape index (κ2) is 6.57. The zero-order valence-corrected chi connectivity index (χ0v) is 10.4. The van der Waals surface area contributed by atoms with Crippen molar-refractivity contribution in [3.63, 3.8) is 0 Å². The van der Waals surface area contributed by atoms with Crippen LogP contribution in [0.5, 0.6) is 0 Å². The van der Waals surface area contributed by atoms with Gasteiger partial charge >= 0.3 is 6.18 Å². The van der Waals surface area contributed by atoms with Crippen molar-refractivity contribution >= 4 is 5.78 Å². The fourth-order valence-corrected chi connectivity index (χ4v) is 1.74. The number of aryl methyl sites for hydroxylation is 1. The molecular weight excluding hydrogens is 241 g/mol. The van der Waals surface area contributed by atoms with Crippen LogP contribution in [0.3, 0.4) is 0 Å². The Morgan fingerprint density at radius 3 is 2.17 bits per heavy atom. The standard InChI is InChI=1S/C14H17F3O/c1-2-3-4-5-6-11-7-9-12(10-8-11)13(18)14(15,16)17/h7-10H,2-6H2,1H3. The molecule has 18 heavy (non-hydrogen) atoms. The molecule has 0 saturated carbocycles. The molecule has 100 valence electrons. The van der Waals surface area contributed by atoms with Gasteiger partial charge in [0.15, 0.2) is 0 Å². The van der Waals surface area contributed by atoms with Crippen LogP contribution in [0.4, 0.5) is 13.2 Å². The number of halogens is 3. The molecule has 0 radical (unpaired) electrons. The molecule has 0 aliphatic carbocycles. The van der Waals surface area contributed by atoms with Crippen LogP contribution >= 0.6 is 0 Å². The summed E-state index contributed by atoms with van der Waals surface area (Å²) in [7, 11) is 0. The maximum absolute atomic E-state index is 12.2. The molecule has 0 amide bonds. The monoisotopic (exact) mass is 258 g/mol. The van der Waals surface area contributed by atoms with Crippen molar-refractivity contribution in [2.45, 2.75) is 45.2 Å². The summed E-state index contributed by atoms with van der Waals surface area (Å²) in [5, 5.41) is 0. The van der Waals surface area contributed by atoms with Gasteiger partial charge in [-0.2, -0.15) is 13.2 Å². The Morgan fingerprint density at radius 1 is 1.06 bits per heavy atom. The van der Waals surface area contributed by atoms with Gasteiger partial charge in [0.05, 0.1) is 0 Å². The van der Waals surface area contributed by atoms with Crippen molar-refractivity contribution in [1.29, 1.82) is 0 Å². The van der Waals surface area contributed by atoms with E-state index in [1.807, 2.05) is 0 Å². The molecule has 0 saturated heterocycles. The molecular formula is C14H17F3O. The number of hydrogen-bond donors (Lipinski definition) is 0. The fraction of sp³-hybridized carbons (Fsp3) is 0.500. The largest absolute Gasteiger partial charge is 0.454 e. The van der Waals surface area contributed by atoms with Crippen molar-refractivity contribution in [2.75, 3.05) is 0 Å². The van der Waals surface area contributed by atoms with Gasteiger partial charge in [-0.25, -0.2) is 0 Å². The summed E-state index contributed by atoms with van der Waals surface area (Å²) in [6.07, 6.45) is 0.535. The number of carbonyl (C=O) groups is 1. The van der Waals surface area contributed by atoms with Crippen LogP contribution in [0.25, 0.3) is 0 Å². The normalized spacial score (nSPS) is 11.6. The second-order valence-corrected chi connectivity index (χ2v) is 4.33. The van der Waals surface area contributed by atoms with E-state index in [9.17, 15) is 18.0 Å². The summed E-state index contributed by atoms with van der Waals surface area (Å²) in [5.74, 6) is -1.78. The zero-order valence-electron chi connectivity index (χ0n) is 10.4. The van der Waals surface area contributed by atoms with Gasteiger partial charge in [0.2, 0.25) is 0 Å². The van der Waals surface area contributed by atoms with Gasteiger partial charge in [-0.15, -0.1) is 0 Å². The summed E-state index contributed by atoms with van der Waals surface area (Å²) in [4.78, 5) is 11.0. The van der Waals surface area contributed by atoms with Crippen LogP contribution in [0.15, 0.2) is 24.3 Å². The predicted octanol–water partition coefficient (Wildman–Crippen LogP) is 4.55. The lowest BCUT2D eigenvalue weighted by Gasteiger charge is -2.06. The van der Waals surface area contributed by atoms with Gasteiger partial charge in [-0.1, -0.05) is 50.5 Å². The highest BCUT2D eigenvalue weighted by Crippen LogP contribution is 2.21. The summed E-state index contributed by atoms with van der Waals surface area (Å²) in [6, 6.07) is 5.71. The van der Waals surface area contributed by atoms with Crippen LogP contribution < -0.4 is 0 Å². The van der Waals surface area contributed by atoms with E-state index < -0.39 is 12.0 Å². The van der Waals surface area contributed by atoms with Crippen LogP contribution in [0, 0.1) is 0 Å². The van der Waals surface area contributed by atoms with Gasteiger partial charge in [0.25, 0.3) is 5.78 Å². The number of hydrogen-bond acceptors (Lipinski definition) is 1. The summed E-state index contributed by atoms with van der Waals surface area (Å²) in [6.45, 7) is 2.12. The third kappa shape index (κ3) is 4.51. The molecule has 0 heterocycles. The molecule has 0 spiro atoms. The molecule has 1 aromatic rings. The number of carbonyl (C=O) groups excluding carboxylic acids is 1. The number of benzene rings is 1.